The third-order valence-corrected chi connectivity index (χ3v) is 5.80. The van der Waals surface area contributed by atoms with Crippen molar-refractivity contribution < 1.29 is 19.1 Å². The van der Waals surface area contributed by atoms with E-state index in [4.69, 9.17) is 4.74 Å². The van der Waals surface area contributed by atoms with Crippen LogP contribution in [0.3, 0.4) is 0 Å². The van der Waals surface area contributed by atoms with Crippen molar-refractivity contribution >= 4 is 28.5 Å². The Labute approximate surface area is 193 Å². The van der Waals surface area contributed by atoms with Crippen molar-refractivity contribution in [3.05, 3.63) is 30.0 Å². The standard InChI is InChI=1S/C24H31N5O4/c1-15(2)11-19(21(30)14-29(10-8-25)13-16-7-9-26-23(16)31)28-24(32)20-12-17-18(27-20)5-4-6-22(17)33-3/h4-6,12,15-16,19,27H,7,9-11,13-14H2,1-3H3,(H,26,31)(H,28,32)/t16-,19?/m0/s1. The first-order valence-corrected chi connectivity index (χ1v) is 11.2. The zero-order chi connectivity index (χ0) is 24.0. The molecule has 1 aliphatic heterocycles. The van der Waals surface area contributed by atoms with Gasteiger partial charge in [0.1, 0.15) is 11.4 Å². The van der Waals surface area contributed by atoms with Gasteiger partial charge < -0.3 is 20.4 Å². The molecule has 0 saturated carbocycles. The van der Waals surface area contributed by atoms with Crippen LogP contribution in [-0.2, 0) is 9.59 Å². The zero-order valence-electron chi connectivity index (χ0n) is 19.3. The summed E-state index contributed by atoms with van der Waals surface area (Å²) in [7, 11) is 1.57. The molecule has 1 aliphatic rings. The molecule has 176 valence electrons. The third-order valence-electron chi connectivity index (χ3n) is 5.80. The number of methoxy groups -OCH3 is 1. The van der Waals surface area contributed by atoms with Gasteiger partial charge in [0.2, 0.25) is 5.91 Å². The van der Waals surface area contributed by atoms with Crippen molar-refractivity contribution in [2.45, 2.75) is 32.7 Å². The van der Waals surface area contributed by atoms with Gasteiger partial charge in [0.05, 0.1) is 38.2 Å². The fourth-order valence-electron chi connectivity index (χ4n) is 4.15. The molecule has 9 heteroatoms. The highest BCUT2D eigenvalue weighted by Gasteiger charge is 2.29. The Kier molecular flexibility index (Phi) is 8.06. The van der Waals surface area contributed by atoms with E-state index < -0.39 is 6.04 Å². The van der Waals surface area contributed by atoms with Crippen molar-refractivity contribution in [1.29, 1.82) is 5.26 Å². The fourth-order valence-corrected chi connectivity index (χ4v) is 4.15. The molecule has 2 heterocycles. The van der Waals surface area contributed by atoms with Gasteiger partial charge in [0.25, 0.3) is 5.91 Å². The summed E-state index contributed by atoms with van der Waals surface area (Å²) in [5.74, 6) is -0.0151. The molecule has 1 aromatic carbocycles. The normalized spacial score (nSPS) is 16.6. The van der Waals surface area contributed by atoms with Crippen LogP contribution in [0.15, 0.2) is 24.3 Å². The van der Waals surface area contributed by atoms with Crippen molar-refractivity contribution in [1.82, 2.24) is 20.5 Å². The number of carbonyl (C=O) groups excluding carboxylic acids is 3. The number of hydrogen-bond donors (Lipinski definition) is 3. The number of amides is 2. The van der Waals surface area contributed by atoms with Gasteiger partial charge in [-0.05, 0) is 37.0 Å². The molecule has 3 rings (SSSR count). The van der Waals surface area contributed by atoms with E-state index in [0.29, 0.717) is 37.4 Å². The molecule has 0 bridgehead atoms. The number of ketones is 1. The van der Waals surface area contributed by atoms with Crippen molar-refractivity contribution in [2.24, 2.45) is 11.8 Å². The number of nitrogens with one attached hydrogen (secondary N) is 3. The van der Waals surface area contributed by atoms with Crippen LogP contribution in [0, 0.1) is 23.2 Å². The number of rotatable bonds is 11. The maximum atomic E-state index is 13.2. The van der Waals surface area contributed by atoms with Crippen LogP contribution < -0.4 is 15.4 Å². The van der Waals surface area contributed by atoms with Crippen LogP contribution in [0.1, 0.15) is 37.2 Å². The highest BCUT2D eigenvalue weighted by Crippen LogP contribution is 2.26. The maximum Gasteiger partial charge on any atom is 0.268 e. The van der Waals surface area contributed by atoms with Gasteiger partial charge >= 0.3 is 0 Å². The quantitative estimate of drug-likeness (QED) is 0.446. The number of carbonyl (C=O) groups is 3. The second-order valence-electron chi connectivity index (χ2n) is 8.83. The Morgan fingerprint density at radius 3 is 2.79 bits per heavy atom. The van der Waals surface area contributed by atoms with E-state index in [9.17, 15) is 19.6 Å². The van der Waals surface area contributed by atoms with E-state index in [0.717, 1.165) is 10.9 Å². The first-order chi connectivity index (χ1) is 15.8. The first kappa shape index (κ1) is 24.3. The van der Waals surface area contributed by atoms with Crippen LogP contribution in [0.5, 0.6) is 5.75 Å². The Bertz CT molecular complexity index is 1050. The van der Waals surface area contributed by atoms with Gasteiger partial charge in [0.15, 0.2) is 5.78 Å². The van der Waals surface area contributed by atoms with E-state index in [2.05, 4.69) is 21.7 Å². The summed E-state index contributed by atoms with van der Waals surface area (Å²) < 4.78 is 5.36. The lowest BCUT2D eigenvalue weighted by Gasteiger charge is -2.25. The lowest BCUT2D eigenvalue weighted by Crippen LogP contribution is -2.47. The second kappa shape index (κ2) is 11.0. The van der Waals surface area contributed by atoms with Crippen molar-refractivity contribution in [3.8, 4) is 11.8 Å². The summed E-state index contributed by atoms with van der Waals surface area (Å²) in [6.45, 7) is 4.95. The summed E-state index contributed by atoms with van der Waals surface area (Å²) in [6, 6.07) is 8.58. The minimum absolute atomic E-state index is 0.00443. The Morgan fingerprint density at radius 1 is 1.36 bits per heavy atom. The largest absolute Gasteiger partial charge is 0.496 e. The smallest absolute Gasteiger partial charge is 0.268 e. The number of H-pyrrole nitrogens is 1. The number of ether oxygens (including phenoxy) is 1. The van der Waals surface area contributed by atoms with Crippen LogP contribution in [0.2, 0.25) is 0 Å². The number of aromatic amines is 1. The predicted molar refractivity (Wildman–Crippen MR) is 124 cm³/mol. The maximum absolute atomic E-state index is 13.2. The fraction of sp³-hybridized carbons (Fsp3) is 0.500. The summed E-state index contributed by atoms with van der Waals surface area (Å²) in [4.78, 5) is 42.8. The summed E-state index contributed by atoms with van der Waals surface area (Å²) >= 11 is 0. The molecule has 0 radical (unpaired) electrons. The van der Waals surface area contributed by atoms with Crippen LogP contribution in [0.4, 0.5) is 0 Å². The molecule has 2 aromatic rings. The lowest BCUT2D eigenvalue weighted by molar-refractivity contribution is -0.125. The van der Waals surface area contributed by atoms with Gasteiger partial charge in [-0.2, -0.15) is 5.26 Å². The Morgan fingerprint density at radius 2 is 2.15 bits per heavy atom. The number of Topliss-reactive ketones (excluding diaryl/α,β-unsaturated/α-hetero) is 1. The first-order valence-electron chi connectivity index (χ1n) is 11.2. The SMILES string of the molecule is COc1cccc2[nH]c(C(=O)NC(CC(C)C)C(=O)CN(CC#N)C[C@@H]3CCNC3=O)cc12. The minimum Gasteiger partial charge on any atom is -0.496 e. The Hall–Kier alpha value is -3.38. The molecule has 1 unspecified atom stereocenters. The van der Waals surface area contributed by atoms with E-state index in [1.807, 2.05) is 32.0 Å². The van der Waals surface area contributed by atoms with Gasteiger partial charge in [-0.1, -0.05) is 19.9 Å². The molecule has 1 aromatic heterocycles. The molecule has 1 saturated heterocycles. The van der Waals surface area contributed by atoms with Gasteiger partial charge in [0, 0.05) is 24.0 Å². The number of nitrogens with zero attached hydrogens (tertiary/aromatic N) is 2. The molecule has 1 fully saturated rings. The van der Waals surface area contributed by atoms with Crippen LogP contribution >= 0.6 is 0 Å². The average molecular weight is 454 g/mol. The number of hydrogen-bond acceptors (Lipinski definition) is 6. The highest BCUT2D eigenvalue weighted by atomic mass is 16.5. The summed E-state index contributed by atoms with van der Waals surface area (Å²) in [5, 5.41) is 15.6. The minimum atomic E-state index is -0.704. The topological polar surface area (TPSA) is 127 Å². The molecule has 9 nitrogen and oxygen atoms in total. The number of aromatic nitrogens is 1. The third kappa shape index (κ3) is 6.11. The molecular weight excluding hydrogens is 422 g/mol. The molecule has 0 aliphatic carbocycles. The van der Waals surface area contributed by atoms with E-state index in [1.165, 1.54) is 0 Å². The zero-order valence-corrected chi connectivity index (χ0v) is 19.3. The van der Waals surface area contributed by atoms with Gasteiger partial charge in [-0.15, -0.1) is 0 Å². The number of fused-ring (bicyclic) bond motifs is 1. The van der Waals surface area contributed by atoms with Crippen molar-refractivity contribution in [2.75, 3.05) is 33.3 Å². The van der Waals surface area contributed by atoms with Gasteiger partial charge in [-0.25, -0.2) is 0 Å². The molecular formula is C24H31N5O4. The van der Waals surface area contributed by atoms with Crippen LogP contribution in [-0.4, -0.2) is 66.8 Å². The molecule has 3 N–H and O–H groups in total. The molecule has 0 spiro atoms. The lowest BCUT2D eigenvalue weighted by atomic mass is 9.99. The van der Waals surface area contributed by atoms with E-state index in [1.54, 1.807) is 18.1 Å². The Balaban J connectivity index is 1.72. The molecule has 33 heavy (non-hydrogen) atoms. The summed E-state index contributed by atoms with van der Waals surface area (Å²) in [5.41, 5.74) is 1.11. The highest BCUT2D eigenvalue weighted by molar-refractivity contribution is 6.01. The van der Waals surface area contributed by atoms with E-state index >= 15 is 0 Å². The van der Waals surface area contributed by atoms with Gasteiger partial charge in [-0.3, -0.25) is 19.3 Å². The van der Waals surface area contributed by atoms with E-state index in [-0.39, 0.29) is 42.5 Å². The number of benzene rings is 1. The number of nitriles is 1. The van der Waals surface area contributed by atoms with Crippen molar-refractivity contribution in [3.63, 3.8) is 0 Å². The summed E-state index contributed by atoms with van der Waals surface area (Å²) in [6.07, 6.45) is 1.16. The monoisotopic (exact) mass is 453 g/mol. The van der Waals surface area contributed by atoms with Crippen LogP contribution in [0.25, 0.3) is 10.9 Å². The molecule has 2 atom stereocenters. The average Bonchev–Trinajstić information content (AvgIpc) is 3.39. The predicted octanol–water partition coefficient (Wildman–Crippen LogP) is 1.85. The second-order valence-corrected chi connectivity index (χ2v) is 8.83. The molecule has 2 amide bonds.